The fraction of sp³-hybridized carbons (Fsp3) is 0.600. The molecular formula is C15H21N4O. The lowest BCUT2D eigenvalue weighted by Gasteiger charge is -2.38. The topological polar surface area (TPSA) is 62.5 Å². The lowest BCUT2D eigenvalue weighted by atomic mass is 10.1. The van der Waals surface area contributed by atoms with Gasteiger partial charge in [-0.2, -0.15) is 0 Å². The molecule has 20 heavy (non-hydrogen) atoms. The molecule has 0 unspecified atom stereocenters. The number of carbonyl (C=O) groups is 1. The third-order valence-corrected chi connectivity index (χ3v) is 4.42. The molecule has 2 N–H and O–H groups in total. The first kappa shape index (κ1) is 13.4. The molecule has 107 valence electrons. The summed E-state index contributed by atoms with van der Waals surface area (Å²) in [5.74, 6) is 0.234. The Kier molecular flexibility index (Phi) is 3.87. The van der Waals surface area contributed by atoms with Crippen molar-refractivity contribution in [2.75, 3.05) is 31.1 Å². The number of amides is 1. The molecule has 5 nitrogen and oxygen atoms in total. The molecule has 1 radical (unpaired) electrons. The quantitative estimate of drug-likeness (QED) is 0.894. The molecule has 0 spiro atoms. The maximum absolute atomic E-state index is 11.5. The van der Waals surface area contributed by atoms with Crippen LogP contribution < -0.4 is 10.6 Å². The monoisotopic (exact) mass is 273 g/mol. The van der Waals surface area contributed by atoms with Crippen LogP contribution in [0.2, 0.25) is 0 Å². The van der Waals surface area contributed by atoms with E-state index in [0.29, 0.717) is 11.4 Å². The van der Waals surface area contributed by atoms with E-state index in [1.54, 1.807) is 12.3 Å². The molecular weight excluding hydrogens is 252 g/mol. The van der Waals surface area contributed by atoms with Crippen LogP contribution in [0.15, 0.2) is 12.3 Å². The van der Waals surface area contributed by atoms with E-state index in [9.17, 15) is 4.79 Å². The highest BCUT2D eigenvalue weighted by molar-refractivity contribution is 5.97. The summed E-state index contributed by atoms with van der Waals surface area (Å²) < 4.78 is 0. The first-order valence-corrected chi connectivity index (χ1v) is 7.41. The van der Waals surface area contributed by atoms with Crippen LogP contribution in [-0.2, 0) is 0 Å². The van der Waals surface area contributed by atoms with Gasteiger partial charge in [0.1, 0.15) is 5.82 Å². The van der Waals surface area contributed by atoms with Gasteiger partial charge in [-0.15, -0.1) is 0 Å². The van der Waals surface area contributed by atoms with E-state index in [-0.39, 0.29) is 0 Å². The maximum atomic E-state index is 11.5. The third kappa shape index (κ3) is 2.63. The van der Waals surface area contributed by atoms with Crippen LogP contribution in [0.1, 0.15) is 36.0 Å². The van der Waals surface area contributed by atoms with Crippen molar-refractivity contribution in [2.24, 2.45) is 5.73 Å². The molecule has 2 fully saturated rings. The average molecular weight is 273 g/mol. The molecule has 3 rings (SSSR count). The zero-order valence-electron chi connectivity index (χ0n) is 11.7. The Morgan fingerprint density at radius 1 is 1.25 bits per heavy atom. The SMILES string of the molecule is NC(=O)c1[c]ccnc1N1CCN(C2CCCC2)CC1. The molecule has 2 aliphatic rings. The van der Waals surface area contributed by atoms with Crippen molar-refractivity contribution in [2.45, 2.75) is 31.7 Å². The zero-order chi connectivity index (χ0) is 13.9. The number of hydrogen-bond acceptors (Lipinski definition) is 4. The predicted octanol–water partition coefficient (Wildman–Crippen LogP) is 1.05. The van der Waals surface area contributed by atoms with Crippen molar-refractivity contribution < 1.29 is 4.79 Å². The van der Waals surface area contributed by atoms with Crippen LogP contribution in [-0.4, -0.2) is 48.0 Å². The molecule has 5 heteroatoms. The van der Waals surface area contributed by atoms with Crippen LogP contribution in [0.3, 0.4) is 0 Å². The van der Waals surface area contributed by atoms with Crippen molar-refractivity contribution in [3.63, 3.8) is 0 Å². The lowest BCUT2D eigenvalue weighted by molar-refractivity contribution is 0.1000. The van der Waals surface area contributed by atoms with Gasteiger partial charge in [0.25, 0.3) is 5.91 Å². The summed E-state index contributed by atoms with van der Waals surface area (Å²) in [7, 11) is 0. The van der Waals surface area contributed by atoms with Crippen LogP contribution >= 0.6 is 0 Å². The molecule has 1 saturated heterocycles. The average Bonchev–Trinajstić information content (AvgIpc) is 3.02. The molecule has 1 aromatic heterocycles. The van der Waals surface area contributed by atoms with Crippen molar-refractivity contribution in [1.82, 2.24) is 9.88 Å². The second-order valence-electron chi connectivity index (χ2n) is 5.61. The van der Waals surface area contributed by atoms with Gasteiger partial charge in [-0.3, -0.25) is 9.69 Å². The van der Waals surface area contributed by atoms with E-state index in [1.807, 2.05) is 0 Å². The molecule has 1 aliphatic carbocycles. The van der Waals surface area contributed by atoms with E-state index in [4.69, 9.17) is 5.73 Å². The first-order valence-electron chi connectivity index (χ1n) is 7.41. The van der Waals surface area contributed by atoms with Crippen LogP contribution in [0.25, 0.3) is 0 Å². The summed E-state index contributed by atoms with van der Waals surface area (Å²) in [6.45, 7) is 3.89. The molecule has 1 saturated carbocycles. The van der Waals surface area contributed by atoms with E-state index < -0.39 is 5.91 Å². The Morgan fingerprint density at radius 3 is 2.60 bits per heavy atom. The Labute approximate surface area is 119 Å². The fourth-order valence-corrected chi connectivity index (χ4v) is 3.35. The zero-order valence-corrected chi connectivity index (χ0v) is 11.7. The van der Waals surface area contributed by atoms with Crippen molar-refractivity contribution in [1.29, 1.82) is 0 Å². The van der Waals surface area contributed by atoms with E-state index in [1.165, 1.54) is 25.7 Å². The second-order valence-corrected chi connectivity index (χ2v) is 5.61. The minimum absolute atomic E-state index is 0.404. The number of pyridine rings is 1. The van der Waals surface area contributed by atoms with E-state index in [0.717, 1.165) is 32.2 Å². The predicted molar refractivity (Wildman–Crippen MR) is 77.6 cm³/mol. The van der Waals surface area contributed by atoms with Gasteiger partial charge >= 0.3 is 0 Å². The van der Waals surface area contributed by atoms with E-state index >= 15 is 0 Å². The summed E-state index contributed by atoms with van der Waals surface area (Å²) in [5, 5.41) is 0. The Morgan fingerprint density at radius 2 is 1.95 bits per heavy atom. The van der Waals surface area contributed by atoms with Crippen molar-refractivity contribution in [3.05, 3.63) is 23.9 Å². The number of nitrogens with zero attached hydrogens (tertiary/aromatic N) is 3. The molecule has 1 aromatic rings. The number of primary amides is 1. The summed E-state index contributed by atoms with van der Waals surface area (Å²) in [6.07, 6.45) is 7.08. The number of piperazine rings is 1. The number of rotatable bonds is 3. The molecule has 0 aromatic carbocycles. The molecule has 1 aliphatic heterocycles. The summed E-state index contributed by atoms with van der Waals surface area (Å²) >= 11 is 0. The van der Waals surface area contributed by atoms with Gasteiger partial charge < -0.3 is 10.6 Å². The highest BCUT2D eigenvalue weighted by atomic mass is 16.1. The summed E-state index contributed by atoms with van der Waals surface area (Å²) in [6, 6.07) is 5.31. The number of hydrogen-bond donors (Lipinski definition) is 1. The molecule has 2 heterocycles. The van der Waals surface area contributed by atoms with E-state index in [2.05, 4.69) is 20.9 Å². The summed E-state index contributed by atoms with van der Waals surface area (Å²) in [4.78, 5) is 20.5. The number of aromatic nitrogens is 1. The van der Waals surface area contributed by atoms with Crippen LogP contribution in [0.4, 0.5) is 5.82 Å². The molecule has 1 amide bonds. The Balaban J connectivity index is 1.67. The molecule has 0 atom stereocenters. The van der Waals surface area contributed by atoms with Gasteiger partial charge in [0, 0.05) is 44.5 Å². The Bertz CT molecular complexity index is 477. The third-order valence-electron chi connectivity index (χ3n) is 4.42. The van der Waals surface area contributed by atoms with Crippen molar-refractivity contribution in [3.8, 4) is 0 Å². The van der Waals surface area contributed by atoms with Gasteiger partial charge in [-0.1, -0.05) is 12.8 Å². The van der Waals surface area contributed by atoms with Gasteiger partial charge in [-0.25, -0.2) is 4.98 Å². The molecule has 0 bridgehead atoms. The summed E-state index contributed by atoms with van der Waals surface area (Å²) in [5.41, 5.74) is 5.81. The fourth-order valence-electron chi connectivity index (χ4n) is 3.35. The highest BCUT2D eigenvalue weighted by Gasteiger charge is 2.27. The lowest BCUT2D eigenvalue weighted by Crippen LogP contribution is -2.50. The highest BCUT2D eigenvalue weighted by Crippen LogP contribution is 2.25. The normalized spacial score (nSPS) is 21.3. The van der Waals surface area contributed by atoms with Gasteiger partial charge in [0.05, 0.1) is 5.56 Å². The second kappa shape index (κ2) is 5.79. The van der Waals surface area contributed by atoms with Gasteiger partial charge in [-0.05, 0) is 18.9 Å². The standard InChI is InChI=1S/C15H21N4O/c16-14(20)13-6-3-7-17-15(13)19-10-8-18(9-11-19)12-4-1-2-5-12/h3,7,12H,1-2,4-5,8-11H2,(H2,16,20). The number of carbonyl (C=O) groups excluding carboxylic acids is 1. The number of anilines is 1. The minimum atomic E-state index is -0.452. The Hall–Kier alpha value is -1.62. The van der Waals surface area contributed by atoms with Gasteiger partial charge in [0.2, 0.25) is 0 Å². The maximum Gasteiger partial charge on any atom is 0.253 e. The smallest absolute Gasteiger partial charge is 0.253 e. The largest absolute Gasteiger partial charge is 0.365 e. The van der Waals surface area contributed by atoms with Gasteiger partial charge in [0.15, 0.2) is 0 Å². The van der Waals surface area contributed by atoms with Crippen molar-refractivity contribution >= 4 is 11.7 Å². The first-order chi connectivity index (χ1) is 9.75. The van der Waals surface area contributed by atoms with Crippen LogP contribution in [0.5, 0.6) is 0 Å². The van der Waals surface area contributed by atoms with Crippen LogP contribution in [0, 0.1) is 6.07 Å². The number of nitrogens with two attached hydrogens (primary N) is 1. The minimum Gasteiger partial charge on any atom is -0.365 e.